The summed E-state index contributed by atoms with van der Waals surface area (Å²) in [5, 5.41) is 5.79. The monoisotopic (exact) mass is 365 g/mol. The lowest BCUT2D eigenvalue weighted by atomic mass is 10.2. The molecule has 10 heteroatoms. The van der Waals surface area contributed by atoms with Gasteiger partial charge in [0.05, 0.1) is 18.5 Å². The number of rotatable bonds is 5. The molecule has 0 aliphatic carbocycles. The van der Waals surface area contributed by atoms with Gasteiger partial charge < -0.3 is 10.3 Å². The lowest BCUT2D eigenvalue weighted by Crippen LogP contribution is -2.34. The average Bonchev–Trinajstić information content (AvgIpc) is 3.12. The lowest BCUT2D eigenvalue weighted by Gasteiger charge is -2.12. The number of hydrogen-bond donors (Lipinski definition) is 2. The zero-order valence-corrected chi connectivity index (χ0v) is 14.6. The van der Waals surface area contributed by atoms with Gasteiger partial charge in [-0.05, 0) is 12.1 Å². The predicted octanol–water partition coefficient (Wildman–Crippen LogP) is 1.52. The number of pyridine rings is 1. The highest BCUT2D eigenvalue weighted by atomic mass is 32.2. The molecule has 0 aromatic carbocycles. The molecule has 0 fully saturated rings. The summed E-state index contributed by atoms with van der Waals surface area (Å²) in [5.74, 6) is -0.440. The van der Waals surface area contributed by atoms with E-state index in [4.69, 9.17) is 0 Å². The summed E-state index contributed by atoms with van der Waals surface area (Å²) in [4.78, 5) is 23.6. The highest BCUT2D eigenvalue weighted by Gasteiger charge is 2.17. The van der Waals surface area contributed by atoms with E-state index in [9.17, 15) is 13.2 Å². The fourth-order valence-electron chi connectivity index (χ4n) is 2.10. The van der Waals surface area contributed by atoms with E-state index in [2.05, 4.69) is 20.3 Å². The summed E-state index contributed by atoms with van der Waals surface area (Å²) in [7, 11) is -2.05. The average molecular weight is 365 g/mol. The third-order valence-electron chi connectivity index (χ3n) is 3.41. The number of sulfonamides is 1. The second-order valence-corrected chi connectivity index (χ2v) is 8.15. The lowest BCUT2D eigenvalue weighted by molar-refractivity contribution is -0.116. The van der Waals surface area contributed by atoms with E-state index in [0.29, 0.717) is 10.8 Å². The molecular weight excluding hydrogens is 350 g/mol. The van der Waals surface area contributed by atoms with Crippen molar-refractivity contribution >= 4 is 43.4 Å². The summed E-state index contributed by atoms with van der Waals surface area (Å²) < 4.78 is 23.6. The summed E-state index contributed by atoms with van der Waals surface area (Å²) in [6.45, 7) is -0.259. The fourth-order valence-corrected chi connectivity index (χ4v) is 3.18. The highest BCUT2D eigenvalue weighted by molar-refractivity contribution is 7.88. The maximum atomic E-state index is 11.9. The first-order chi connectivity index (χ1) is 11.3. The number of carbonyl (C=O) groups is 1. The Balaban J connectivity index is 1.75. The van der Waals surface area contributed by atoms with Crippen molar-refractivity contribution in [3.63, 3.8) is 0 Å². The molecule has 8 nitrogen and oxygen atoms in total. The third-order valence-corrected chi connectivity index (χ3v) is 5.43. The van der Waals surface area contributed by atoms with Crippen molar-refractivity contribution in [3.8, 4) is 11.3 Å². The van der Waals surface area contributed by atoms with Crippen LogP contribution in [0.4, 0.5) is 5.13 Å². The first kappa shape index (κ1) is 16.6. The number of thiazole rings is 1. The minimum absolute atomic E-state index is 0.259. The third kappa shape index (κ3) is 3.45. The number of aromatic nitrogens is 3. The molecule has 0 unspecified atom stereocenters. The fraction of sp³-hybridized carbons (Fsp3) is 0.214. The Kier molecular flexibility index (Phi) is 4.35. The van der Waals surface area contributed by atoms with Crippen molar-refractivity contribution in [2.24, 2.45) is 0 Å². The summed E-state index contributed by atoms with van der Waals surface area (Å²) in [6, 6.07) is 3.78. The van der Waals surface area contributed by atoms with Crippen LogP contribution in [0.15, 0.2) is 29.9 Å². The van der Waals surface area contributed by atoms with E-state index >= 15 is 0 Å². The van der Waals surface area contributed by atoms with Crippen LogP contribution in [0.5, 0.6) is 0 Å². The number of hydrogen-bond acceptors (Lipinski definition) is 6. The summed E-state index contributed by atoms with van der Waals surface area (Å²) >= 11 is 1.27. The van der Waals surface area contributed by atoms with E-state index in [0.717, 1.165) is 27.2 Å². The maximum absolute atomic E-state index is 11.9. The molecule has 0 saturated carbocycles. The molecule has 0 spiro atoms. The molecule has 24 heavy (non-hydrogen) atoms. The van der Waals surface area contributed by atoms with Crippen LogP contribution in [0.25, 0.3) is 22.3 Å². The topological polar surface area (TPSA) is 108 Å². The number of amides is 1. The smallest absolute Gasteiger partial charge is 0.241 e. The number of anilines is 1. The van der Waals surface area contributed by atoms with E-state index in [1.165, 1.54) is 18.4 Å². The van der Waals surface area contributed by atoms with Gasteiger partial charge in [-0.3, -0.25) is 4.79 Å². The van der Waals surface area contributed by atoms with Crippen LogP contribution in [-0.2, 0) is 14.8 Å². The number of carbonyl (C=O) groups excluding carboxylic acids is 1. The zero-order chi connectivity index (χ0) is 17.3. The highest BCUT2D eigenvalue weighted by Crippen LogP contribution is 2.30. The van der Waals surface area contributed by atoms with Gasteiger partial charge in [0.15, 0.2) is 5.13 Å². The van der Waals surface area contributed by atoms with E-state index < -0.39 is 15.9 Å². The SMILES string of the molecule is CN(CC(=O)Nc1nc(-c2c[nH]c3ncccc23)cs1)S(C)(=O)=O. The first-order valence-corrected chi connectivity index (χ1v) is 9.66. The number of aromatic amines is 1. The predicted molar refractivity (Wildman–Crippen MR) is 93.3 cm³/mol. The molecular formula is C14H15N5O3S2. The first-order valence-electron chi connectivity index (χ1n) is 6.94. The normalized spacial score (nSPS) is 12.0. The number of likely N-dealkylation sites (N-methyl/N-ethyl adjacent to an activating group) is 1. The molecule has 3 heterocycles. The molecule has 2 N–H and O–H groups in total. The van der Waals surface area contributed by atoms with Crippen molar-refractivity contribution in [2.75, 3.05) is 25.2 Å². The van der Waals surface area contributed by atoms with Gasteiger partial charge in [0, 0.05) is 35.8 Å². The van der Waals surface area contributed by atoms with Gasteiger partial charge in [-0.15, -0.1) is 11.3 Å². The number of fused-ring (bicyclic) bond motifs is 1. The quantitative estimate of drug-likeness (QED) is 0.713. The Bertz CT molecular complexity index is 993. The minimum atomic E-state index is -3.40. The molecule has 0 radical (unpaired) electrons. The van der Waals surface area contributed by atoms with Crippen LogP contribution in [0.3, 0.4) is 0 Å². The summed E-state index contributed by atoms with van der Waals surface area (Å²) in [5.41, 5.74) is 2.37. The molecule has 3 aromatic rings. The van der Waals surface area contributed by atoms with Crippen molar-refractivity contribution in [2.45, 2.75) is 0 Å². The van der Waals surface area contributed by atoms with E-state index in [-0.39, 0.29) is 6.54 Å². The largest absolute Gasteiger partial charge is 0.345 e. The molecule has 3 rings (SSSR count). The Morgan fingerprint density at radius 1 is 1.46 bits per heavy atom. The van der Waals surface area contributed by atoms with Gasteiger partial charge in [0.1, 0.15) is 5.65 Å². The van der Waals surface area contributed by atoms with Crippen LogP contribution < -0.4 is 5.32 Å². The molecule has 0 aliphatic heterocycles. The van der Waals surface area contributed by atoms with Gasteiger partial charge in [-0.25, -0.2) is 18.4 Å². The Morgan fingerprint density at radius 3 is 3.00 bits per heavy atom. The molecule has 3 aromatic heterocycles. The number of nitrogens with zero attached hydrogens (tertiary/aromatic N) is 3. The van der Waals surface area contributed by atoms with E-state index in [1.54, 1.807) is 6.20 Å². The Labute approximate surface area is 142 Å². The van der Waals surface area contributed by atoms with Gasteiger partial charge >= 0.3 is 0 Å². The zero-order valence-electron chi connectivity index (χ0n) is 13.0. The van der Waals surface area contributed by atoms with Crippen LogP contribution in [0.1, 0.15) is 0 Å². The molecule has 1 amide bonds. The van der Waals surface area contributed by atoms with E-state index in [1.807, 2.05) is 23.7 Å². The number of H-pyrrole nitrogens is 1. The summed E-state index contributed by atoms with van der Waals surface area (Å²) in [6.07, 6.45) is 4.57. The van der Waals surface area contributed by atoms with Crippen LogP contribution in [-0.4, -0.2) is 53.4 Å². The van der Waals surface area contributed by atoms with Crippen molar-refractivity contribution in [3.05, 3.63) is 29.9 Å². The minimum Gasteiger partial charge on any atom is -0.345 e. The molecule has 0 bridgehead atoms. The van der Waals surface area contributed by atoms with Crippen LogP contribution in [0, 0.1) is 0 Å². The molecule has 0 aliphatic rings. The van der Waals surface area contributed by atoms with Gasteiger partial charge in [0.2, 0.25) is 15.9 Å². The second kappa shape index (κ2) is 6.30. The molecule has 0 atom stereocenters. The number of nitrogens with one attached hydrogen (secondary N) is 2. The van der Waals surface area contributed by atoms with Gasteiger partial charge in [-0.1, -0.05) is 0 Å². The van der Waals surface area contributed by atoms with Crippen molar-refractivity contribution < 1.29 is 13.2 Å². The molecule has 0 saturated heterocycles. The van der Waals surface area contributed by atoms with Gasteiger partial charge in [0.25, 0.3) is 0 Å². The van der Waals surface area contributed by atoms with Gasteiger partial charge in [-0.2, -0.15) is 4.31 Å². The molecule has 126 valence electrons. The standard InChI is InChI=1S/C14H15N5O3S2/c1-19(24(2,21)22)7-12(20)18-14-17-11(8-23-14)10-6-16-13-9(10)4-3-5-15-13/h3-6,8H,7H2,1-2H3,(H,15,16)(H,17,18,20). The van der Waals surface area contributed by atoms with Crippen LogP contribution >= 0.6 is 11.3 Å². The van der Waals surface area contributed by atoms with Crippen LogP contribution in [0.2, 0.25) is 0 Å². The Morgan fingerprint density at radius 2 is 2.25 bits per heavy atom. The second-order valence-electron chi connectivity index (χ2n) is 5.21. The maximum Gasteiger partial charge on any atom is 0.241 e. The Hall–Kier alpha value is -2.30. The van der Waals surface area contributed by atoms with Crippen molar-refractivity contribution in [1.29, 1.82) is 0 Å². The van der Waals surface area contributed by atoms with Crippen molar-refractivity contribution in [1.82, 2.24) is 19.3 Å².